The van der Waals surface area contributed by atoms with Crippen LogP contribution in [0.25, 0.3) is 10.4 Å². The fourth-order valence-corrected chi connectivity index (χ4v) is 5.26. The minimum absolute atomic E-state index is 0.0188. The molecule has 242 valence electrons. The molecule has 0 aliphatic rings. The average molecular weight is 592 g/mol. The van der Waals surface area contributed by atoms with Crippen molar-refractivity contribution in [1.82, 2.24) is 0 Å². The van der Waals surface area contributed by atoms with Gasteiger partial charge in [0.05, 0.1) is 49.8 Å². The Labute approximate surface area is 256 Å². The van der Waals surface area contributed by atoms with Crippen LogP contribution in [0.2, 0.25) is 0 Å². The Morgan fingerprint density at radius 1 is 0.738 bits per heavy atom. The van der Waals surface area contributed by atoms with Crippen LogP contribution >= 0.6 is 0 Å². The molecular formula is C34H61N3O5. The second-order valence-electron chi connectivity index (χ2n) is 12.2. The van der Waals surface area contributed by atoms with E-state index >= 15 is 0 Å². The first-order chi connectivity index (χ1) is 20.3. The van der Waals surface area contributed by atoms with Gasteiger partial charge in [0, 0.05) is 11.3 Å². The van der Waals surface area contributed by atoms with E-state index in [1.807, 2.05) is 58.0 Å². The SMILES string of the molecule is CCCCCCCCCCCCCCC(O)[C@@H](OC(C)C)[C@H](COC[C@H](O)[C@H](Cc1ccccc1)OC(C)C)N=[N+]=[N-]. The highest BCUT2D eigenvalue weighted by atomic mass is 16.5. The van der Waals surface area contributed by atoms with Gasteiger partial charge < -0.3 is 24.4 Å². The number of nitrogens with zero attached hydrogens (tertiary/aromatic N) is 3. The number of aliphatic hydroxyl groups is 2. The van der Waals surface area contributed by atoms with Crippen LogP contribution in [-0.2, 0) is 20.6 Å². The van der Waals surface area contributed by atoms with Crippen molar-refractivity contribution in [3.8, 4) is 0 Å². The maximum absolute atomic E-state index is 11.0. The molecule has 0 spiro atoms. The number of hydrogen-bond acceptors (Lipinski definition) is 6. The Bertz CT molecular complexity index is 804. The monoisotopic (exact) mass is 591 g/mol. The molecule has 1 rings (SSSR count). The third kappa shape index (κ3) is 18.8. The third-order valence-corrected chi connectivity index (χ3v) is 7.47. The highest BCUT2D eigenvalue weighted by molar-refractivity contribution is 5.15. The van der Waals surface area contributed by atoms with E-state index in [0.29, 0.717) is 12.8 Å². The Morgan fingerprint density at radius 3 is 1.81 bits per heavy atom. The van der Waals surface area contributed by atoms with Crippen LogP contribution in [0.15, 0.2) is 35.4 Å². The number of aliphatic hydroxyl groups excluding tert-OH is 2. The molecule has 0 saturated heterocycles. The zero-order valence-corrected chi connectivity index (χ0v) is 27.2. The summed E-state index contributed by atoms with van der Waals surface area (Å²) < 4.78 is 17.9. The summed E-state index contributed by atoms with van der Waals surface area (Å²) in [6.45, 7) is 9.99. The molecule has 2 N–H and O–H groups in total. The zero-order valence-electron chi connectivity index (χ0n) is 27.2. The summed E-state index contributed by atoms with van der Waals surface area (Å²) in [7, 11) is 0. The van der Waals surface area contributed by atoms with Gasteiger partial charge in [0.1, 0.15) is 6.10 Å². The summed E-state index contributed by atoms with van der Waals surface area (Å²) in [6.07, 6.45) is 13.2. The van der Waals surface area contributed by atoms with Crippen LogP contribution in [-0.4, -0.2) is 66.1 Å². The number of ether oxygens (including phenoxy) is 3. The van der Waals surface area contributed by atoms with Gasteiger partial charge in [0.25, 0.3) is 0 Å². The maximum atomic E-state index is 11.0. The fraction of sp³-hybridized carbons (Fsp3) is 0.824. The molecule has 0 aromatic heterocycles. The summed E-state index contributed by atoms with van der Waals surface area (Å²) in [6, 6.07) is 9.19. The van der Waals surface area contributed by atoms with E-state index in [4.69, 9.17) is 14.2 Å². The number of unbranched alkanes of at least 4 members (excludes halogenated alkanes) is 11. The molecule has 0 fully saturated rings. The first-order valence-corrected chi connectivity index (χ1v) is 16.6. The molecule has 1 aromatic rings. The molecule has 0 aliphatic carbocycles. The van der Waals surface area contributed by atoms with Crippen LogP contribution in [0, 0.1) is 0 Å². The second kappa shape index (κ2) is 24.7. The lowest BCUT2D eigenvalue weighted by Crippen LogP contribution is -2.43. The van der Waals surface area contributed by atoms with Crippen LogP contribution < -0.4 is 0 Å². The average Bonchev–Trinajstić information content (AvgIpc) is 2.95. The largest absolute Gasteiger partial charge is 0.390 e. The van der Waals surface area contributed by atoms with E-state index in [1.54, 1.807) is 0 Å². The van der Waals surface area contributed by atoms with Gasteiger partial charge in [0.15, 0.2) is 0 Å². The molecule has 42 heavy (non-hydrogen) atoms. The van der Waals surface area contributed by atoms with E-state index < -0.39 is 30.5 Å². The van der Waals surface area contributed by atoms with Crippen molar-refractivity contribution in [3.05, 3.63) is 46.3 Å². The van der Waals surface area contributed by atoms with E-state index in [2.05, 4.69) is 16.9 Å². The topological polar surface area (TPSA) is 117 Å². The van der Waals surface area contributed by atoms with Gasteiger partial charge in [-0.15, -0.1) is 0 Å². The molecule has 0 bridgehead atoms. The summed E-state index contributed by atoms with van der Waals surface area (Å²) in [4.78, 5) is 3.01. The molecule has 8 heteroatoms. The van der Waals surface area contributed by atoms with Crippen molar-refractivity contribution in [2.75, 3.05) is 13.2 Å². The smallest absolute Gasteiger partial charge is 0.104 e. The lowest BCUT2D eigenvalue weighted by atomic mass is 9.99. The third-order valence-electron chi connectivity index (χ3n) is 7.47. The molecule has 0 aliphatic heterocycles. The highest BCUT2D eigenvalue weighted by Crippen LogP contribution is 2.20. The van der Waals surface area contributed by atoms with Gasteiger partial charge in [-0.3, -0.25) is 0 Å². The molecule has 1 aromatic carbocycles. The number of hydrogen-bond donors (Lipinski definition) is 2. The van der Waals surface area contributed by atoms with E-state index in [9.17, 15) is 15.7 Å². The fourth-order valence-electron chi connectivity index (χ4n) is 5.26. The molecule has 0 amide bonds. The van der Waals surface area contributed by atoms with Gasteiger partial charge in [-0.1, -0.05) is 119 Å². The van der Waals surface area contributed by atoms with E-state index in [0.717, 1.165) is 18.4 Å². The molecule has 8 nitrogen and oxygen atoms in total. The van der Waals surface area contributed by atoms with Crippen molar-refractivity contribution in [3.63, 3.8) is 0 Å². The number of azide groups is 1. The van der Waals surface area contributed by atoms with Gasteiger partial charge in [-0.2, -0.15) is 0 Å². The van der Waals surface area contributed by atoms with Crippen LogP contribution in [0.1, 0.15) is 124 Å². The zero-order chi connectivity index (χ0) is 31.0. The van der Waals surface area contributed by atoms with Crippen LogP contribution in [0.4, 0.5) is 0 Å². The lowest BCUT2D eigenvalue weighted by Gasteiger charge is -2.31. The minimum atomic E-state index is -0.866. The summed E-state index contributed by atoms with van der Waals surface area (Å²) >= 11 is 0. The minimum Gasteiger partial charge on any atom is -0.390 e. The van der Waals surface area contributed by atoms with Crippen LogP contribution in [0.5, 0.6) is 0 Å². The normalized spacial score (nSPS) is 15.4. The first-order valence-electron chi connectivity index (χ1n) is 16.6. The quantitative estimate of drug-likeness (QED) is 0.0462. The lowest BCUT2D eigenvalue weighted by molar-refractivity contribution is -0.109. The van der Waals surface area contributed by atoms with Crippen molar-refractivity contribution >= 4 is 0 Å². The van der Waals surface area contributed by atoms with Gasteiger partial charge in [0.2, 0.25) is 0 Å². The molecular weight excluding hydrogens is 530 g/mol. The summed E-state index contributed by atoms with van der Waals surface area (Å²) in [5.74, 6) is 0. The first kappa shape index (κ1) is 38.4. The van der Waals surface area contributed by atoms with Crippen molar-refractivity contribution in [2.45, 2.75) is 167 Å². The van der Waals surface area contributed by atoms with Crippen molar-refractivity contribution in [2.24, 2.45) is 5.11 Å². The number of benzene rings is 1. The van der Waals surface area contributed by atoms with E-state index in [-0.39, 0.29) is 25.4 Å². The highest BCUT2D eigenvalue weighted by Gasteiger charge is 2.30. The summed E-state index contributed by atoms with van der Waals surface area (Å²) in [5, 5.41) is 25.9. The Morgan fingerprint density at radius 2 is 1.29 bits per heavy atom. The van der Waals surface area contributed by atoms with Gasteiger partial charge in [-0.05, 0) is 45.2 Å². The van der Waals surface area contributed by atoms with Gasteiger partial charge in [-0.25, -0.2) is 0 Å². The maximum Gasteiger partial charge on any atom is 0.104 e. The second-order valence-corrected chi connectivity index (χ2v) is 12.2. The summed E-state index contributed by atoms with van der Waals surface area (Å²) in [5.41, 5.74) is 10.3. The molecule has 1 unspecified atom stereocenters. The van der Waals surface area contributed by atoms with Crippen LogP contribution in [0.3, 0.4) is 0 Å². The molecule has 0 saturated carbocycles. The van der Waals surface area contributed by atoms with E-state index in [1.165, 1.54) is 64.2 Å². The number of rotatable bonds is 27. The predicted molar refractivity (Wildman–Crippen MR) is 172 cm³/mol. The molecule has 0 heterocycles. The Kier molecular flexibility index (Phi) is 22.6. The van der Waals surface area contributed by atoms with Crippen molar-refractivity contribution < 1.29 is 24.4 Å². The predicted octanol–water partition coefficient (Wildman–Crippen LogP) is 8.32. The standard InChI is InChI=1S/C34H61N3O5/c1-6-7-8-9-10-11-12-13-14-15-16-20-23-31(38)34(42-28(4)5)30(36-37-35)25-40-26-32(39)33(41-27(2)3)24-29-21-18-17-19-22-29/h17-19,21-22,27-28,30-34,38-39H,6-16,20,23-26H2,1-5H3/t30-,31?,32-,33-,34-/m0/s1. The molecule has 5 atom stereocenters. The van der Waals surface area contributed by atoms with Gasteiger partial charge >= 0.3 is 0 Å². The Balaban J connectivity index is 2.52. The molecule has 0 radical (unpaired) electrons. The van der Waals surface area contributed by atoms with Crippen molar-refractivity contribution in [1.29, 1.82) is 0 Å². The Hall–Kier alpha value is -1.67.